The van der Waals surface area contributed by atoms with Gasteiger partial charge in [-0.3, -0.25) is 0 Å². The molecule has 2 heteroatoms. The fourth-order valence-corrected chi connectivity index (χ4v) is 4.41. The van der Waals surface area contributed by atoms with E-state index in [1.165, 1.54) is 55.5 Å². The molecule has 0 aromatic heterocycles. The van der Waals surface area contributed by atoms with Crippen molar-refractivity contribution >= 4 is 11.8 Å². The van der Waals surface area contributed by atoms with Crippen molar-refractivity contribution in [2.24, 2.45) is 0 Å². The van der Waals surface area contributed by atoms with Crippen molar-refractivity contribution in [1.29, 1.82) is 0 Å². The van der Waals surface area contributed by atoms with Crippen LogP contribution in [0.4, 0.5) is 0 Å². The molecular weight excluding hydrogens is 250 g/mol. The first-order valence-electron chi connectivity index (χ1n) is 7.73. The van der Waals surface area contributed by atoms with Gasteiger partial charge in [0.1, 0.15) is 0 Å². The van der Waals surface area contributed by atoms with Gasteiger partial charge in [-0.1, -0.05) is 36.2 Å². The zero-order valence-corrected chi connectivity index (χ0v) is 12.7. The highest BCUT2D eigenvalue weighted by Crippen LogP contribution is 2.37. The Labute approximate surface area is 121 Å². The lowest BCUT2D eigenvalue weighted by atomic mass is 9.75. The summed E-state index contributed by atoms with van der Waals surface area (Å²) in [6.07, 6.45) is 6.96. The van der Waals surface area contributed by atoms with E-state index in [0.29, 0.717) is 0 Å². The van der Waals surface area contributed by atoms with Gasteiger partial charge in [0.05, 0.1) is 0 Å². The molecular formula is C17H25NS. The summed E-state index contributed by atoms with van der Waals surface area (Å²) in [5.74, 6) is 2.18. The Hall–Kier alpha value is -0.470. The molecule has 19 heavy (non-hydrogen) atoms. The van der Waals surface area contributed by atoms with Gasteiger partial charge in [0, 0.05) is 17.8 Å². The van der Waals surface area contributed by atoms with Gasteiger partial charge in [-0.05, 0) is 49.8 Å². The first kappa shape index (κ1) is 13.5. The van der Waals surface area contributed by atoms with Crippen molar-refractivity contribution in [3.8, 4) is 0 Å². The molecule has 104 valence electrons. The van der Waals surface area contributed by atoms with Crippen LogP contribution >= 0.6 is 11.8 Å². The van der Waals surface area contributed by atoms with E-state index in [1.54, 1.807) is 0 Å². The standard InChI is InChI=1S/C17H25NS/c1-13-5-7-14(8-6-13)15-10-16(11-15)18-12-17-4-2-3-9-19-17/h5-8,15-18H,2-4,9-12H2,1H3. The van der Waals surface area contributed by atoms with Crippen LogP contribution in [-0.2, 0) is 0 Å². The zero-order chi connectivity index (χ0) is 13.1. The Balaban J connectivity index is 1.39. The first-order chi connectivity index (χ1) is 9.31. The Bertz CT molecular complexity index is 388. The maximum absolute atomic E-state index is 3.78. The molecule has 0 radical (unpaired) electrons. The van der Waals surface area contributed by atoms with Gasteiger partial charge in [0.25, 0.3) is 0 Å². The maximum atomic E-state index is 3.78. The minimum absolute atomic E-state index is 0.772. The second-order valence-corrected chi connectivity index (χ2v) is 7.58. The van der Waals surface area contributed by atoms with Gasteiger partial charge < -0.3 is 5.32 Å². The van der Waals surface area contributed by atoms with Crippen LogP contribution in [0, 0.1) is 6.92 Å². The van der Waals surface area contributed by atoms with E-state index >= 15 is 0 Å². The highest BCUT2D eigenvalue weighted by molar-refractivity contribution is 7.99. The Morgan fingerprint density at radius 2 is 1.95 bits per heavy atom. The highest BCUT2D eigenvalue weighted by Gasteiger charge is 2.30. The third-order valence-electron chi connectivity index (χ3n) is 4.60. The maximum Gasteiger partial charge on any atom is 0.0172 e. The van der Waals surface area contributed by atoms with Gasteiger partial charge in [0.15, 0.2) is 0 Å². The van der Waals surface area contributed by atoms with E-state index in [2.05, 4.69) is 48.3 Å². The molecule has 0 bridgehead atoms. The lowest BCUT2D eigenvalue weighted by molar-refractivity contribution is 0.290. The topological polar surface area (TPSA) is 12.0 Å². The second-order valence-electron chi connectivity index (χ2n) is 6.17. The molecule has 1 N–H and O–H groups in total. The lowest BCUT2D eigenvalue weighted by Gasteiger charge is -2.37. The Kier molecular flexibility index (Phi) is 4.49. The van der Waals surface area contributed by atoms with Gasteiger partial charge in [-0.2, -0.15) is 11.8 Å². The molecule has 1 saturated carbocycles. The van der Waals surface area contributed by atoms with Crippen LogP contribution in [0.5, 0.6) is 0 Å². The quantitative estimate of drug-likeness (QED) is 0.887. The summed E-state index contributed by atoms with van der Waals surface area (Å²) in [5.41, 5.74) is 2.91. The lowest BCUT2D eigenvalue weighted by Crippen LogP contribution is -2.43. The molecule has 2 fully saturated rings. The van der Waals surface area contributed by atoms with Crippen molar-refractivity contribution in [3.05, 3.63) is 35.4 Å². The van der Waals surface area contributed by atoms with Crippen LogP contribution in [0.1, 0.15) is 49.1 Å². The molecule has 1 saturated heterocycles. The molecule has 2 aliphatic rings. The molecule has 1 aromatic rings. The number of hydrogen-bond acceptors (Lipinski definition) is 2. The average Bonchev–Trinajstić information content (AvgIpc) is 2.40. The number of rotatable bonds is 4. The summed E-state index contributed by atoms with van der Waals surface area (Å²) in [6, 6.07) is 9.89. The number of thioether (sulfide) groups is 1. The van der Waals surface area contributed by atoms with Crippen LogP contribution in [0.15, 0.2) is 24.3 Å². The zero-order valence-electron chi connectivity index (χ0n) is 11.9. The van der Waals surface area contributed by atoms with Crippen LogP contribution < -0.4 is 5.32 Å². The van der Waals surface area contributed by atoms with E-state index in [4.69, 9.17) is 0 Å². The Morgan fingerprint density at radius 1 is 1.16 bits per heavy atom. The van der Waals surface area contributed by atoms with Crippen LogP contribution in [0.25, 0.3) is 0 Å². The normalized spacial score (nSPS) is 30.9. The fourth-order valence-electron chi connectivity index (χ4n) is 3.16. The van der Waals surface area contributed by atoms with Crippen molar-refractivity contribution < 1.29 is 0 Å². The Morgan fingerprint density at radius 3 is 2.63 bits per heavy atom. The van der Waals surface area contributed by atoms with E-state index in [0.717, 1.165) is 17.2 Å². The smallest absolute Gasteiger partial charge is 0.0172 e. The number of benzene rings is 1. The molecule has 3 rings (SSSR count). The van der Waals surface area contributed by atoms with E-state index in [-0.39, 0.29) is 0 Å². The second kappa shape index (κ2) is 6.32. The van der Waals surface area contributed by atoms with Gasteiger partial charge in [-0.15, -0.1) is 0 Å². The molecule has 1 nitrogen and oxygen atoms in total. The highest BCUT2D eigenvalue weighted by atomic mass is 32.2. The minimum atomic E-state index is 0.772. The van der Waals surface area contributed by atoms with Gasteiger partial charge >= 0.3 is 0 Å². The number of aryl methyl sites for hydroxylation is 1. The number of hydrogen-bond donors (Lipinski definition) is 1. The summed E-state index contributed by atoms with van der Waals surface area (Å²) in [7, 11) is 0. The first-order valence-corrected chi connectivity index (χ1v) is 8.77. The molecule has 1 aliphatic carbocycles. The average molecular weight is 275 g/mol. The molecule has 1 aliphatic heterocycles. The van der Waals surface area contributed by atoms with Crippen molar-refractivity contribution in [3.63, 3.8) is 0 Å². The minimum Gasteiger partial charge on any atom is -0.313 e. The molecule has 1 aromatic carbocycles. The van der Waals surface area contributed by atoms with Crippen LogP contribution in [-0.4, -0.2) is 23.6 Å². The van der Waals surface area contributed by atoms with Crippen LogP contribution in [0.2, 0.25) is 0 Å². The molecule has 1 heterocycles. The summed E-state index contributed by atoms with van der Waals surface area (Å²) >= 11 is 2.18. The largest absolute Gasteiger partial charge is 0.313 e. The SMILES string of the molecule is Cc1ccc(C2CC(NCC3CCCCS3)C2)cc1. The fraction of sp³-hybridized carbons (Fsp3) is 0.647. The third-order valence-corrected chi connectivity index (χ3v) is 5.99. The molecule has 0 spiro atoms. The predicted octanol–water partition coefficient (Wildman–Crippen LogP) is 4.12. The van der Waals surface area contributed by atoms with E-state index in [1.807, 2.05) is 0 Å². The monoisotopic (exact) mass is 275 g/mol. The summed E-state index contributed by atoms with van der Waals surface area (Å²) < 4.78 is 0. The molecule has 1 atom stereocenters. The van der Waals surface area contributed by atoms with Crippen molar-refractivity contribution in [2.75, 3.05) is 12.3 Å². The summed E-state index contributed by atoms with van der Waals surface area (Å²) in [5, 5.41) is 4.66. The van der Waals surface area contributed by atoms with Gasteiger partial charge in [-0.25, -0.2) is 0 Å². The predicted molar refractivity (Wildman–Crippen MR) is 85.0 cm³/mol. The van der Waals surface area contributed by atoms with Gasteiger partial charge in [0.2, 0.25) is 0 Å². The summed E-state index contributed by atoms with van der Waals surface area (Å²) in [6.45, 7) is 3.40. The summed E-state index contributed by atoms with van der Waals surface area (Å²) in [4.78, 5) is 0. The third kappa shape index (κ3) is 3.55. The molecule has 0 amide bonds. The van der Waals surface area contributed by atoms with E-state index < -0.39 is 0 Å². The van der Waals surface area contributed by atoms with Crippen molar-refractivity contribution in [2.45, 2.75) is 56.2 Å². The molecule has 1 unspecified atom stereocenters. The van der Waals surface area contributed by atoms with Crippen LogP contribution in [0.3, 0.4) is 0 Å². The van der Waals surface area contributed by atoms with Crippen molar-refractivity contribution in [1.82, 2.24) is 5.32 Å². The number of nitrogens with one attached hydrogen (secondary N) is 1. The van der Waals surface area contributed by atoms with E-state index in [9.17, 15) is 0 Å².